The Labute approximate surface area is 88.1 Å². The van der Waals surface area contributed by atoms with Crippen molar-refractivity contribution < 1.29 is 14.8 Å². The molecule has 0 spiro atoms. The number of β-amino-alcohol motifs (C(OH)–C–C–N with tert-alkyl or cyclic N) is 1. The van der Waals surface area contributed by atoms with E-state index in [1.165, 1.54) is 4.90 Å². The number of anilines is 1. The third-order valence-corrected chi connectivity index (χ3v) is 2.97. The number of aliphatic hydroxyl groups excluding tert-OH is 1. The van der Waals surface area contributed by atoms with Gasteiger partial charge in [-0.25, -0.2) is 4.98 Å². The maximum absolute atomic E-state index is 11.3. The summed E-state index contributed by atoms with van der Waals surface area (Å²) >= 11 is 0.828. The molecule has 0 bridgehead atoms. The van der Waals surface area contributed by atoms with E-state index in [-0.39, 0.29) is 29.0 Å². The van der Waals surface area contributed by atoms with Crippen LogP contribution < -0.4 is 4.90 Å². The van der Waals surface area contributed by atoms with Gasteiger partial charge in [-0.3, -0.25) is 19.8 Å². The molecule has 1 N–H and O–H groups in total. The van der Waals surface area contributed by atoms with Gasteiger partial charge in [0.25, 0.3) is 0 Å². The second-order valence-electron chi connectivity index (χ2n) is 3.10. The van der Waals surface area contributed by atoms with E-state index in [2.05, 4.69) is 4.98 Å². The zero-order valence-electron chi connectivity index (χ0n) is 7.49. The molecule has 1 aromatic rings. The lowest BCUT2D eigenvalue weighted by Gasteiger charge is -2.09. The molecule has 1 aromatic heterocycles. The van der Waals surface area contributed by atoms with Crippen molar-refractivity contribution in [2.24, 2.45) is 0 Å². The van der Waals surface area contributed by atoms with Gasteiger partial charge in [-0.05, 0) is 11.3 Å². The predicted molar refractivity (Wildman–Crippen MR) is 51.7 cm³/mol. The van der Waals surface area contributed by atoms with Crippen molar-refractivity contribution in [2.45, 2.75) is 12.5 Å². The molecule has 1 amide bonds. The number of aliphatic hydroxyl groups is 1. The summed E-state index contributed by atoms with van der Waals surface area (Å²) in [4.78, 5) is 26.2. The zero-order valence-corrected chi connectivity index (χ0v) is 8.31. The highest BCUT2D eigenvalue weighted by Gasteiger charge is 2.31. The van der Waals surface area contributed by atoms with E-state index >= 15 is 0 Å². The third kappa shape index (κ3) is 1.81. The van der Waals surface area contributed by atoms with Crippen LogP contribution in [0.25, 0.3) is 0 Å². The first-order chi connectivity index (χ1) is 7.08. The quantitative estimate of drug-likeness (QED) is 0.575. The minimum Gasteiger partial charge on any atom is -0.391 e. The molecule has 1 saturated heterocycles. The van der Waals surface area contributed by atoms with Gasteiger partial charge in [0, 0.05) is 0 Å². The lowest BCUT2D eigenvalue weighted by molar-refractivity contribution is -0.380. The Kier molecular flexibility index (Phi) is 2.37. The van der Waals surface area contributed by atoms with Crippen LogP contribution in [0.15, 0.2) is 6.20 Å². The molecule has 1 unspecified atom stereocenters. The van der Waals surface area contributed by atoms with Crippen LogP contribution in [0.4, 0.5) is 10.1 Å². The minimum atomic E-state index is -0.708. The van der Waals surface area contributed by atoms with Gasteiger partial charge < -0.3 is 5.11 Å². The highest BCUT2D eigenvalue weighted by atomic mass is 32.1. The number of carbonyl (C=O) groups is 1. The number of hydrogen-bond donors (Lipinski definition) is 1. The first kappa shape index (κ1) is 9.99. The average molecular weight is 229 g/mol. The van der Waals surface area contributed by atoms with Crippen LogP contribution in [-0.4, -0.2) is 33.6 Å². The molecular weight excluding hydrogens is 222 g/mol. The molecule has 8 heteroatoms. The Morgan fingerprint density at radius 2 is 2.47 bits per heavy atom. The van der Waals surface area contributed by atoms with Gasteiger partial charge in [-0.15, -0.1) is 0 Å². The number of carbonyl (C=O) groups excluding carboxylic acids is 1. The summed E-state index contributed by atoms with van der Waals surface area (Å²) in [5, 5.41) is 19.8. The Bertz CT molecular complexity index is 418. The van der Waals surface area contributed by atoms with E-state index in [0.717, 1.165) is 17.5 Å². The van der Waals surface area contributed by atoms with Gasteiger partial charge in [0.2, 0.25) is 5.91 Å². The number of amides is 1. The molecule has 80 valence electrons. The van der Waals surface area contributed by atoms with Crippen LogP contribution in [0.5, 0.6) is 0 Å². The Hall–Kier alpha value is -1.54. The van der Waals surface area contributed by atoms with E-state index in [9.17, 15) is 20.0 Å². The van der Waals surface area contributed by atoms with Gasteiger partial charge >= 0.3 is 5.00 Å². The summed E-state index contributed by atoms with van der Waals surface area (Å²) in [6.07, 6.45) is 0.450. The van der Waals surface area contributed by atoms with E-state index in [1.807, 2.05) is 0 Å². The second-order valence-corrected chi connectivity index (χ2v) is 4.09. The predicted octanol–water partition coefficient (Wildman–Crippen LogP) is 0.149. The highest BCUT2D eigenvalue weighted by molar-refractivity contribution is 7.18. The molecule has 2 heterocycles. The van der Waals surface area contributed by atoms with Crippen molar-refractivity contribution in [2.75, 3.05) is 11.4 Å². The van der Waals surface area contributed by atoms with Crippen molar-refractivity contribution in [3.8, 4) is 0 Å². The monoisotopic (exact) mass is 229 g/mol. The van der Waals surface area contributed by atoms with E-state index < -0.39 is 11.0 Å². The summed E-state index contributed by atoms with van der Waals surface area (Å²) in [7, 11) is 0. The lowest BCUT2D eigenvalue weighted by Crippen LogP contribution is -2.24. The van der Waals surface area contributed by atoms with Crippen LogP contribution in [0.3, 0.4) is 0 Å². The summed E-state index contributed by atoms with van der Waals surface area (Å²) in [5.74, 6) is -0.258. The molecule has 2 rings (SSSR count). The maximum atomic E-state index is 11.3. The number of aromatic nitrogens is 1. The van der Waals surface area contributed by atoms with Crippen LogP contribution in [0, 0.1) is 10.1 Å². The average Bonchev–Trinajstić information content (AvgIpc) is 2.71. The molecule has 0 aliphatic carbocycles. The summed E-state index contributed by atoms with van der Waals surface area (Å²) in [6.45, 7) is 0.156. The number of thiazole rings is 1. The fourth-order valence-corrected chi connectivity index (χ4v) is 2.10. The minimum absolute atomic E-state index is 0.0490. The van der Waals surface area contributed by atoms with E-state index in [1.54, 1.807) is 0 Å². The SMILES string of the molecule is O=C1CC(O)CN1c1ncc([N+](=O)[O-])s1. The summed E-state index contributed by atoms with van der Waals surface area (Å²) in [5.41, 5.74) is 0. The molecule has 0 radical (unpaired) electrons. The third-order valence-electron chi connectivity index (χ3n) is 2.00. The van der Waals surface area contributed by atoms with Gasteiger partial charge in [0.15, 0.2) is 5.13 Å². The fraction of sp³-hybridized carbons (Fsp3) is 0.429. The standard InChI is InChI=1S/C7H7N3O4S/c11-4-1-5(12)9(3-4)7-8-2-6(15-7)10(13)14/h2,4,11H,1,3H2. The van der Waals surface area contributed by atoms with Crippen molar-refractivity contribution in [1.29, 1.82) is 0 Å². The van der Waals surface area contributed by atoms with Crippen LogP contribution in [0.2, 0.25) is 0 Å². The van der Waals surface area contributed by atoms with Crippen LogP contribution in [0.1, 0.15) is 6.42 Å². The summed E-state index contributed by atoms with van der Waals surface area (Å²) in [6, 6.07) is 0. The number of hydrogen-bond acceptors (Lipinski definition) is 6. The smallest absolute Gasteiger partial charge is 0.345 e. The van der Waals surface area contributed by atoms with E-state index in [0.29, 0.717) is 0 Å². The normalized spacial score (nSPS) is 21.0. The molecular formula is C7H7N3O4S. The fourth-order valence-electron chi connectivity index (χ4n) is 1.34. The Balaban J connectivity index is 2.23. The lowest BCUT2D eigenvalue weighted by atomic mass is 10.3. The van der Waals surface area contributed by atoms with Crippen molar-refractivity contribution >= 4 is 27.4 Å². The molecule has 1 aliphatic heterocycles. The highest BCUT2D eigenvalue weighted by Crippen LogP contribution is 2.30. The molecule has 15 heavy (non-hydrogen) atoms. The van der Waals surface area contributed by atoms with E-state index in [4.69, 9.17) is 0 Å². The first-order valence-corrected chi connectivity index (χ1v) is 4.98. The Morgan fingerprint density at radius 3 is 2.93 bits per heavy atom. The van der Waals surface area contributed by atoms with Crippen molar-refractivity contribution in [3.63, 3.8) is 0 Å². The maximum Gasteiger partial charge on any atom is 0.345 e. The second kappa shape index (κ2) is 3.55. The number of nitrogens with zero attached hydrogens (tertiary/aromatic N) is 3. The molecule has 1 aliphatic rings. The van der Waals surface area contributed by atoms with Crippen molar-refractivity contribution in [3.05, 3.63) is 16.3 Å². The zero-order chi connectivity index (χ0) is 11.0. The molecule has 1 atom stereocenters. The number of rotatable bonds is 2. The molecule has 1 fully saturated rings. The van der Waals surface area contributed by atoms with Crippen LogP contribution in [-0.2, 0) is 4.79 Å². The topological polar surface area (TPSA) is 96.6 Å². The first-order valence-electron chi connectivity index (χ1n) is 4.16. The van der Waals surface area contributed by atoms with Crippen molar-refractivity contribution in [1.82, 2.24) is 4.98 Å². The van der Waals surface area contributed by atoms with Crippen LogP contribution >= 0.6 is 11.3 Å². The molecule has 0 aromatic carbocycles. The van der Waals surface area contributed by atoms with Gasteiger partial charge in [-0.1, -0.05) is 0 Å². The van der Waals surface area contributed by atoms with Gasteiger partial charge in [0.1, 0.15) is 6.20 Å². The molecule has 7 nitrogen and oxygen atoms in total. The summed E-state index contributed by atoms with van der Waals surface area (Å²) < 4.78 is 0. The van der Waals surface area contributed by atoms with Gasteiger partial charge in [0.05, 0.1) is 24.0 Å². The van der Waals surface area contributed by atoms with Gasteiger partial charge in [-0.2, -0.15) is 0 Å². The number of nitro groups is 1. The molecule has 0 saturated carbocycles. The largest absolute Gasteiger partial charge is 0.391 e. The Morgan fingerprint density at radius 1 is 1.73 bits per heavy atom.